The number of likely N-dealkylation sites (N-methyl/N-ethyl adjacent to an activating group) is 1. The van der Waals surface area contributed by atoms with Crippen LogP contribution >= 0.6 is 11.6 Å². The number of hydrogen-bond donors (Lipinski definition) is 3. The Morgan fingerprint density at radius 3 is 2.54 bits per heavy atom. The molecule has 0 amide bonds. The van der Waals surface area contributed by atoms with Crippen molar-refractivity contribution in [2.24, 2.45) is 5.92 Å². The molecule has 0 bridgehead atoms. The first-order chi connectivity index (χ1) is 18.9. The molecule has 2 aliphatic heterocycles. The molecule has 2 aliphatic rings. The fourth-order valence-corrected chi connectivity index (χ4v) is 5.23. The first kappa shape index (κ1) is 27.2. The monoisotopic (exact) mass is 551 g/mol. The molecule has 10 heteroatoms. The Kier molecular flexibility index (Phi) is 8.50. The molecule has 3 heterocycles. The molecule has 2 fully saturated rings. The van der Waals surface area contributed by atoms with Crippen molar-refractivity contribution in [1.29, 1.82) is 0 Å². The summed E-state index contributed by atoms with van der Waals surface area (Å²) >= 11 is 6.11. The minimum Gasteiger partial charge on any atom is -0.393 e. The van der Waals surface area contributed by atoms with E-state index in [0.717, 1.165) is 81.3 Å². The van der Waals surface area contributed by atoms with Gasteiger partial charge in [-0.15, -0.1) is 0 Å². The van der Waals surface area contributed by atoms with Crippen molar-refractivity contribution in [3.05, 3.63) is 66.0 Å². The van der Waals surface area contributed by atoms with Gasteiger partial charge in [0.2, 0.25) is 0 Å². The van der Waals surface area contributed by atoms with E-state index in [1.54, 1.807) is 0 Å². The highest BCUT2D eigenvalue weighted by molar-refractivity contribution is 6.32. The second-order valence-electron chi connectivity index (χ2n) is 10.2. The van der Waals surface area contributed by atoms with E-state index >= 15 is 4.39 Å². The second-order valence-corrected chi connectivity index (χ2v) is 10.6. The molecule has 0 saturated carbocycles. The van der Waals surface area contributed by atoms with Crippen molar-refractivity contribution in [2.75, 3.05) is 67.7 Å². The zero-order valence-corrected chi connectivity index (χ0v) is 23.0. The molecule has 0 spiro atoms. The van der Waals surface area contributed by atoms with Crippen LogP contribution in [0.1, 0.15) is 19.3 Å². The number of nitrogen functional groups attached to an aromatic ring is 1. The molecule has 39 heavy (non-hydrogen) atoms. The summed E-state index contributed by atoms with van der Waals surface area (Å²) in [5, 5.41) is 6.64. The fourth-order valence-electron chi connectivity index (χ4n) is 5.10. The van der Waals surface area contributed by atoms with Crippen LogP contribution in [0, 0.1) is 11.7 Å². The summed E-state index contributed by atoms with van der Waals surface area (Å²) in [5.41, 5.74) is 10.5. The van der Waals surface area contributed by atoms with Gasteiger partial charge >= 0.3 is 0 Å². The Hall–Kier alpha value is -3.40. The molecule has 0 aliphatic carbocycles. The zero-order chi connectivity index (χ0) is 27.4. The molecule has 0 atom stereocenters. The van der Waals surface area contributed by atoms with Crippen LogP contribution in [0.3, 0.4) is 0 Å². The van der Waals surface area contributed by atoms with Crippen molar-refractivity contribution >= 4 is 40.2 Å². The summed E-state index contributed by atoms with van der Waals surface area (Å²) in [4.78, 5) is 12.5. The number of benzene rings is 2. The van der Waals surface area contributed by atoms with Crippen LogP contribution in [0.4, 0.5) is 33.0 Å². The number of aromatic nitrogens is 2. The van der Waals surface area contributed by atoms with Crippen LogP contribution in [-0.4, -0.2) is 61.3 Å². The molecule has 4 N–H and O–H groups in total. The number of halogens is 2. The fraction of sp³-hybridized carbons (Fsp3) is 0.379. The van der Waals surface area contributed by atoms with Gasteiger partial charge in [0.1, 0.15) is 17.7 Å². The van der Waals surface area contributed by atoms with E-state index in [4.69, 9.17) is 22.1 Å². The molecule has 8 nitrogen and oxygen atoms in total. The van der Waals surface area contributed by atoms with Gasteiger partial charge in [-0.3, -0.25) is 0 Å². The molecular weight excluding hydrogens is 517 g/mol. The van der Waals surface area contributed by atoms with Crippen molar-refractivity contribution in [3.63, 3.8) is 0 Å². The number of nitrogens with two attached hydrogens (primary N) is 1. The van der Waals surface area contributed by atoms with Crippen molar-refractivity contribution in [1.82, 2.24) is 14.9 Å². The van der Waals surface area contributed by atoms with E-state index in [1.807, 2.05) is 36.4 Å². The van der Waals surface area contributed by atoms with Gasteiger partial charge in [0, 0.05) is 56.3 Å². The van der Waals surface area contributed by atoms with Crippen molar-refractivity contribution in [2.45, 2.75) is 19.3 Å². The Morgan fingerprint density at radius 2 is 1.82 bits per heavy atom. The molecular formula is C29H35ClFN7O. The van der Waals surface area contributed by atoms with Crippen molar-refractivity contribution in [3.8, 4) is 11.1 Å². The third kappa shape index (κ3) is 6.43. The third-order valence-electron chi connectivity index (χ3n) is 7.44. The van der Waals surface area contributed by atoms with E-state index in [9.17, 15) is 0 Å². The van der Waals surface area contributed by atoms with Crippen molar-refractivity contribution < 1.29 is 9.13 Å². The standard InChI is InChI=1S/C29H35ClFN7O/c1-19(17-20-9-15-39-16-10-20)35-22-5-3-21(4-6-22)23-7-8-24(38-13-11-37(2)12-14-38)27(25(23)31)36-29-26(32)28(30)33-18-34-29/h3-8,18,20,35H,1,9-17,32H2,2H3,(H,33,34,36). The highest BCUT2D eigenvalue weighted by Crippen LogP contribution is 2.39. The van der Waals surface area contributed by atoms with E-state index in [0.29, 0.717) is 17.2 Å². The molecule has 206 valence electrons. The van der Waals surface area contributed by atoms with Gasteiger partial charge in [-0.25, -0.2) is 14.4 Å². The Morgan fingerprint density at radius 1 is 1.10 bits per heavy atom. The number of anilines is 5. The highest BCUT2D eigenvalue weighted by atomic mass is 35.5. The van der Waals surface area contributed by atoms with Gasteiger partial charge in [0.15, 0.2) is 16.8 Å². The minimum absolute atomic E-state index is 0.117. The molecule has 0 unspecified atom stereocenters. The van der Waals surface area contributed by atoms with Crippen LogP contribution in [-0.2, 0) is 4.74 Å². The van der Waals surface area contributed by atoms with Gasteiger partial charge < -0.3 is 30.9 Å². The lowest BCUT2D eigenvalue weighted by molar-refractivity contribution is 0.0666. The van der Waals surface area contributed by atoms with Gasteiger partial charge in [0.05, 0.1) is 5.69 Å². The average molecular weight is 552 g/mol. The Balaban J connectivity index is 1.40. The van der Waals surface area contributed by atoms with Crippen LogP contribution in [0.15, 0.2) is 55.0 Å². The summed E-state index contributed by atoms with van der Waals surface area (Å²) in [7, 11) is 2.09. The lowest BCUT2D eigenvalue weighted by Crippen LogP contribution is -2.44. The van der Waals surface area contributed by atoms with Crippen LogP contribution < -0.4 is 21.3 Å². The maximum Gasteiger partial charge on any atom is 0.158 e. The third-order valence-corrected chi connectivity index (χ3v) is 7.74. The summed E-state index contributed by atoms with van der Waals surface area (Å²) in [6, 6.07) is 11.5. The number of rotatable bonds is 8. The molecule has 0 radical (unpaired) electrons. The SMILES string of the molecule is C=C(CC1CCOCC1)Nc1ccc(-c2ccc(N3CCN(C)CC3)c(Nc3ncnc(Cl)c3N)c2F)cc1. The van der Waals surface area contributed by atoms with Gasteiger partial charge in [0.25, 0.3) is 0 Å². The predicted octanol–water partition coefficient (Wildman–Crippen LogP) is 5.76. The Labute approximate surface area is 234 Å². The maximum atomic E-state index is 16.3. The van der Waals surface area contributed by atoms with Crippen LogP contribution in [0.5, 0.6) is 0 Å². The number of nitrogens with zero attached hydrogens (tertiary/aromatic N) is 4. The maximum absolute atomic E-state index is 16.3. The summed E-state index contributed by atoms with van der Waals surface area (Å²) in [5.74, 6) is 0.477. The molecule has 3 aromatic rings. The van der Waals surface area contributed by atoms with E-state index in [-0.39, 0.29) is 22.5 Å². The minimum atomic E-state index is -0.384. The number of ether oxygens (including phenoxy) is 1. The van der Waals surface area contributed by atoms with Gasteiger partial charge in [-0.05, 0) is 62.1 Å². The lowest BCUT2D eigenvalue weighted by Gasteiger charge is -2.35. The number of piperazine rings is 1. The number of hydrogen-bond acceptors (Lipinski definition) is 8. The quantitative estimate of drug-likeness (QED) is 0.305. The molecule has 2 aromatic carbocycles. The molecule has 5 rings (SSSR count). The lowest BCUT2D eigenvalue weighted by atomic mass is 9.95. The summed E-state index contributed by atoms with van der Waals surface area (Å²) < 4.78 is 21.7. The highest BCUT2D eigenvalue weighted by Gasteiger charge is 2.23. The first-order valence-corrected chi connectivity index (χ1v) is 13.7. The summed E-state index contributed by atoms with van der Waals surface area (Å²) in [6.07, 6.45) is 4.34. The molecule has 1 aromatic heterocycles. The zero-order valence-electron chi connectivity index (χ0n) is 22.2. The van der Waals surface area contributed by atoms with Crippen LogP contribution in [0.25, 0.3) is 11.1 Å². The van der Waals surface area contributed by atoms with Gasteiger partial charge in [-0.1, -0.05) is 30.3 Å². The topological polar surface area (TPSA) is 91.6 Å². The van der Waals surface area contributed by atoms with Crippen LogP contribution in [0.2, 0.25) is 5.15 Å². The number of allylic oxidation sites excluding steroid dienone is 1. The summed E-state index contributed by atoms with van der Waals surface area (Å²) in [6.45, 7) is 9.18. The average Bonchev–Trinajstić information content (AvgIpc) is 2.94. The Bertz CT molecular complexity index is 1310. The van der Waals surface area contributed by atoms with E-state index in [1.165, 1.54) is 6.33 Å². The first-order valence-electron chi connectivity index (χ1n) is 13.3. The molecule has 2 saturated heterocycles. The number of nitrogens with one attached hydrogen (secondary N) is 2. The smallest absolute Gasteiger partial charge is 0.158 e. The van der Waals surface area contributed by atoms with Gasteiger partial charge in [-0.2, -0.15) is 0 Å². The van der Waals surface area contributed by atoms with E-state index < -0.39 is 0 Å². The second kappa shape index (κ2) is 12.2. The normalized spacial score (nSPS) is 16.7. The predicted molar refractivity (Wildman–Crippen MR) is 157 cm³/mol. The van der Waals surface area contributed by atoms with E-state index in [2.05, 4.69) is 44.0 Å². The largest absolute Gasteiger partial charge is 0.393 e.